The molecule has 1 aliphatic carbocycles. The molecular formula is C17H18F2N6O. The number of alkyl halides is 2. The van der Waals surface area contributed by atoms with E-state index in [1.807, 2.05) is 30.3 Å². The number of rotatable bonds is 4. The molecular weight excluding hydrogens is 342 g/mol. The molecule has 7 nitrogen and oxygen atoms in total. The Kier molecular flexibility index (Phi) is 4.15. The molecule has 0 bridgehead atoms. The molecule has 1 aromatic carbocycles. The standard InChI is InChI=1S/C17H18F2N6O/c18-12-10(6-11(26)13(12)19)25-8-22-14-15(23-17(20)24-16(14)25)21-7-9-4-2-1-3-5-9/h1-5,8,10-13,26H,6-7H2,(H3,20,21,23,24)/t10-,11+,12-,13?/m1/s1. The number of imidazole rings is 1. The molecule has 1 saturated carbocycles. The van der Waals surface area contributed by atoms with Crippen molar-refractivity contribution in [2.45, 2.75) is 37.5 Å². The zero-order valence-electron chi connectivity index (χ0n) is 13.8. The van der Waals surface area contributed by atoms with Crippen LogP contribution < -0.4 is 11.1 Å². The number of hydrogen-bond acceptors (Lipinski definition) is 6. The minimum Gasteiger partial charge on any atom is -0.390 e. The minimum atomic E-state index is -1.92. The number of anilines is 2. The van der Waals surface area contributed by atoms with E-state index in [2.05, 4.69) is 20.3 Å². The first-order chi connectivity index (χ1) is 12.5. The number of fused-ring (bicyclic) bond motifs is 1. The lowest BCUT2D eigenvalue weighted by Gasteiger charge is -2.15. The van der Waals surface area contributed by atoms with E-state index in [9.17, 15) is 13.9 Å². The second-order valence-corrected chi connectivity index (χ2v) is 6.35. The van der Waals surface area contributed by atoms with E-state index < -0.39 is 24.5 Å². The summed E-state index contributed by atoms with van der Waals surface area (Å²) in [7, 11) is 0. The van der Waals surface area contributed by atoms with Crippen molar-refractivity contribution in [3.63, 3.8) is 0 Å². The highest BCUT2D eigenvalue weighted by atomic mass is 19.2. The Morgan fingerprint density at radius 1 is 1.19 bits per heavy atom. The summed E-state index contributed by atoms with van der Waals surface area (Å²) in [6.45, 7) is 0.500. The fourth-order valence-electron chi connectivity index (χ4n) is 3.28. The summed E-state index contributed by atoms with van der Waals surface area (Å²) in [6, 6.07) is 8.81. The number of nitrogen functional groups attached to an aromatic ring is 1. The molecule has 0 aliphatic heterocycles. The third kappa shape index (κ3) is 2.84. The molecule has 0 amide bonds. The number of hydrogen-bond donors (Lipinski definition) is 3. The fourth-order valence-corrected chi connectivity index (χ4v) is 3.28. The molecule has 26 heavy (non-hydrogen) atoms. The first-order valence-corrected chi connectivity index (χ1v) is 8.28. The van der Waals surface area contributed by atoms with Crippen molar-refractivity contribution in [3.8, 4) is 0 Å². The molecule has 4 rings (SSSR count). The molecule has 9 heteroatoms. The van der Waals surface area contributed by atoms with E-state index in [0.717, 1.165) is 5.56 Å². The monoisotopic (exact) mass is 360 g/mol. The third-order valence-electron chi connectivity index (χ3n) is 4.62. The van der Waals surface area contributed by atoms with Gasteiger partial charge in [-0.25, -0.2) is 13.8 Å². The highest BCUT2D eigenvalue weighted by Crippen LogP contribution is 2.37. The molecule has 136 valence electrons. The van der Waals surface area contributed by atoms with Gasteiger partial charge in [-0.2, -0.15) is 9.97 Å². The van der Waals surface area contributed by atoms with Crippen molar-refractivity contribution < 1.29 is 13.9 Å². The van der Waals surface area contributed by atoms with Crippen LogP contribution in [0.5, 0.6) is 0 Å². The highest BCUT2D eigenvalue weighted by Gasteiger charge is 2.45. The van der Waals surface area contributed by atoms with Gasteiger partial charge in [0.25, 0.3) is 0 Å². The van der Waals surface area contributed by atoms with Gasteiger partial charge < -0.3 is 20.7 Å². The van der Waals surface area contributed by atoms with Crippen molar-refractivity contribution in [1.82, 2.24) is 19.5 Å². The first-order valence-electron chi connectivity index (χ1n) is 8.28. The second-order valence-electron chi connectivity index (χ2n) is 6.35. The fraction of sp³-hybridized carbons (Fsp3) is 0.353. The summed E-state index contributed by atoms with van der Waals surface area (Å²) < 4.78 is 29.3. The number of nitrogens with two attached hydrogens (primary N) is 1. The maximum absolute atomic E-state index is 14.2. The van der Waals surface area contributed by atoms with E-state index in [1.54, 1.807) is 0 Å². The van der Waals surface area contributed by atoms with Gasteiger partial charge in [-0.3, -0.25) is 0 Å². The van der Waals surface area contributed by atoms with Crippen LogP contribution in [0.2, 0.25) is 0 Å². The highest BCUT2D eigenvalue weighted by molar-refractivity contribution is 5.84. The number of benzene rings is 1. The van der Waals surface area contributed by atoms with Crippen LogP contribution in [-0.2, 0) is 6.54 Å². The Balaban J connectivity index is 1.67. The molecule has 0 radical (unpaired) electrons. The van der Waals surface area contributed by atoms with Gasteiger partial charge >= 0.3 is 0 Å². The number of nitrogens with zero attached hydrogens (tertiary/aromatic N) is 4. The Morgan fingerprint density at radius 3 is 2.65 bits per heavy atom. The molecule has 0 spiro atoms. The lowest BCUT2D eigenvalue weighted by molar-refractivity contribution is 0.0705. The van der Waals surface area contributed by atoms with Crippen molar-refractivity contribution in [2.24, 2.45) is 0 Å². The first kappa shape index (κ1) is 16.6. The number of aliphatic hydroxyl groups is 1. The summed E-state index contributed by atoms with van der Waals surface area (Å²) in [6.07, 6.45) is -3.77. The summed E-state index contributed by atoms with van der Waals surface area (Å²) >= 11 is 0. The van der Waals surface area contributed by atoms with Crippen molar-refractivity contribution in [2.75, 3.05) is 11.1 Å². The largest absolute Gasteiger partial charge is 0.390 e. The van der Waals surface area contributed by atoms with Crippen LogP contribution in [-0.4, -0.2) is 43.1 Å². The SMILES string of the molecule is Nc1nc(NCc2ccccc2)c2ncn([C@@H]3C[C@H](O)C(F)[C@@H]3F)c2n1. The summed E-state index contributed by atoms with van der Waals surface area (Å²) in [5.74, 6) is 0.418. The summed E-state index contributed by atoms with van der Waals surface area (Å²) in [4.78, 5) is 12.6. The van der Waals surface area contributed by atoms with E-state index in [4.69, 9.17) is 5.73 Å². The maximum atomic E-state index is 14.2. The van der Waals surface area contributed by atoms with Crippen molar-refractivity contribution in [1.29, 1.82) is 0 Å². The van der Waals surface area contributed by atoms with Gasteiger partial charge in [0.1, 0.15) is 0 Å². The van der Waals surface area contributed by atoms with Gasteiger partial charge in [0.2, 0.25) is 5.95 Å². The Hall–Kier alpha value is -2.81. The molecule has 1 fully saturated rings. The molecule has 2 heterocycles. The molecule has 1 aliphatic rings. The third-order valence-corrected chi connectivity index (χ3v) is 4.62. The number of aliphatic hydroxyl groups excluding tert-OH is 1. The van der Waals surface area contributed by atoms with E-state index in [1.165, 1.54) is 10.9 Å². The van der Waals surface area contributed by atoms with Gasteiger partial charge in [0, 0.05) is 13.0 Å². The maximum Gasteiger partial charge on any atom is 0.224 e. The molecule has 4 N–H and O–H groups in total. The van der Waals surface area contributed by atoms with Crippen molar-refractivity contribution in [3.05, 3.63) is 42.2 Å². The average molecular weight is 360 g/mol. The lowest BCUT2D eigenvalue weighted by atomic mass is 10.2. The van der Waals surface area contributed by atoms with Gasteiger partial charge in [-0.15, -0.1) is 0 Å². The topological polar surface area (TPSA) is 102 Å². The van der Waals surface area contributed by atoms with Gasteiger partial charge in [0.15, 0.2) is 29.3 Å². The molecule has 2 aromatic heterocycles. The van der Waals surface area contributed by atoms with Crippen LogP contribution in [0, 0.1) is 0 Å². The Morgan fingerprint density at radius 2 is 1.96 bits per heavy atom. The molecule has 3 aromatic rings. The zero-order valence-corrected chi connectivity index (χ0v) is 13.8. The van der Waals surface area contributed by atoms with Gasteiger partial charge in [-0.05, 0) is 5.56 Å². The van der Waals surface area contributed by atoms with Crippen LogP contribution >= 0.6 is 0 Å². The summed E-state index contributed by atoms with van der Waals surface area (Å²) in [5.41, 5.74) is 7.55. The molecule has 1 unspecified atom stereocenters. The van der Waals surface area contributed by atoms with E-state index in [-0.39, 0.29) is 12.4 Å². The molecule has 0 saturated heterocycles. The van der Waals surface area contributed by atoms with Crippen LogP contribution in [0.4, 0.5) is 20.5 Å². The van der Waals surface area contributed by atoms with E-state index >= 15 is 0 Å². The minimum absolute atomic E-state index is 0.000522. The van der Waals surface area contributed by atoms with Gasteiger partial charge in [0.05, 0.1) is 18.5 Å². The number of nitrogens with one attached hydrogen (secondary N) is 1. The Bertz CT molecular complexity index is 918. The smallest absolute Gasteiger partial charge is 0.224 e. The average Bonchev–Trinajstić information content (AvgIpc) is 3.17. The van der Waals surface area contributed by atoms with Gasteiger partial charge in [-0.1, -0.05) is 30.3 Å². The summed E-state index contributed by atoms with van der Waals surface area (Å²) in [5, 5.41) is 12.8. The predicted octanol–water partition coefficient (Wildman–Crippen LogP) is 2.00. The van der Waals surface area contributed by atoms with E-state index in [0.29, 0.717) is 23.5 Å². The quantitative estimate of drug-likeness (QED) is 0.658. The predicted molar refractivity (Wildman–Crippen MR) is 93.0 cm³/mol. The number of aromatic nitrogens is 4. The molecule has 4 atom stereocenters. The lowest BCUT2D eigenvalue weighted by Crippen LogP contribution is -2.23. The van der Waals surface area contributed by atoms with Crippen LogP contribution in [0.25, 0.3) is 11.2 Å². The number of halogens is 2. The second kappa shape index (κ2) is 6.49. The zero-order chi connectivity index (χ0) is 18.3. The van der Waals surface area contributed by atoms with Crippen molar-refractivity contribution >= 4 is 22.9 Å². The normalized spacial score (nSPS) is 25.7. The Labute approximate surface area is 147 Å². The van der Waals surface area contributed by atoms with Crippen LogP contribution in [0.3, 0.4) is 0 Å². The van der Waals surface area contributed by atoms with Crippen LogP contribution in [0.1, 0.15) is 18.0 Å². The van der Waals surface area contributed by atoms with Crippen LogP contribution in [0.15, 0.2) is 36.7 Å².